The van der Waals surface area contributed by atoms with E-state index in [4.69, 9.17) is 0 Å². The van der Waals surface area contributed by atoms with E-state index in [2.05, 4.69) is 15.5 Å². The van der Waals surface area contributed by atoms with Gasteiger partial charge in [-0.05, 0) is 36.8 Å². The highest BCUT2D eigenvalue weighted by Gasteiger charge is 2.20. The molecule has 1 aromatic carbocycles. The normalized spacial score (nSPS) is 14.2. The second-order valence-electron chi connectivity index (χ2n) is 5.97. The predicted molar refractivity (Wildman–Crippen MR) is 99.2 cm³/mol. The monoisotopic (exact) mass is 338 g/mol. The van der Waals surface area contributed by atoms with Gasteiger partial charge in [-0.1, -0.05) is 30.3 Å². The first-order valence-electron chi connectivity index (χ1n) is 8.09. The summed E-state index contributed by atoms with van der Waals surface area (Å²) in [6.07, 6.45) is 6.13. The molecule has 2 aromatic heterocycles. The van der Waals surface area contributed by atoms with Crippen LogP contribution < -0.4 is 11.0 Å². The maximum Gasteiger partial charge on any atom is 0.263 e. The minimum Gasteiger partial charge on any atom is -0.280 e. The number of aryl methyl sites for hydroxylation is 2. The molecule has 0 amide bonds. The standard InChI is InChI=1S/C18H18N4OS/c1-22-17(23)15-13-9-5-6-10-14(13)24-16(15)20-18(22)21-19-11-12-7-3-2-4-8-12/h2-4,7-8,11H,5-6,9-10H2,1H3,(H,20,21)/b19-11-. The molecule has 0 unspecified atom stereocenters. The minimum absolute atomic E-state index is 0.0109. The van der Waals surface area contributed by atoms with Crippen LogP contribution in [0.1, 0.15) is 28.8 Å². The molecule has 24 heavy (non-hydrogen) atoms. The first-order valence-corrected chi connectivity index (χ1v) is 8.91. The molecule has 122 valence electrons. The molecule has 0 saturated heterocycles. The number of nitrogens with zero attached hydrogens (tertiary/aromatic N) is 3. The number of fused-ring (bicyclic) bond motifs is 3. The average molecular weight is 338 g/mol. The van der Waals surface area contributed by atoms with Gasteiger partial charge in [-0.2, -0.15) is 5.10 Å². The van der Waals surface area contributed by atoms with E-state index in [0.29, 0.717) is 5.95 Å². The lowest BCUT2D eigenvalue weighted by molar-refractivity contribution is 0.699. The molecular formula is C18H18N4OS. The fourth-order valence-electron chi connectivity index (χ4n) is 3.09. The summed E-state index contributed by atoms with van der Waals surface area (Å²) in [6.45, 7) is 0. The van der Waals surface area contributed by atoms with Gasteiger partial charge in [0.2, 0.25) is 5.95 Å². The van der Waals surface area contributed by atoms with Crippen LogP contribution in [0, 0.1) is 0 Å². The Labute approximate surface area is 143 Å². The van der Waals surface area contributed by atoms with E-state index in [1.807, 2.05) is 30.3 Å². The summed E-state index contributed by atoms with van der Waals surface area (Å²) in [4.78, 5) is 19.5. The maximum absolute atomic E-state index is 12.8. The van der Waals surface area contributed by atoms with Crippen molar-refractivity contribution in [2.45, 2.75) is 25.7 Å². The van der Waals surface area contributed by atoms with E-state index >= 15 is 0 Å². The topological polar surface area (TPSA) is 59.3 Å². The van der Waals surface area contributed by atoms with Gasteiger partial charge in [-0.25, -0.2) is 10.4 Å². The number of aromatic nitrogens is 2. The number of nitrogens with one attached hydrogen (secondary N) is 1. The van der Waals surface area contributed by atoms with Gasteiger partial charge in [0, 0.05) is 11.9 Å². The van der Waals surface area contributed by atoms with Crippen LogP contribution in [0.15, 0.2) is 40.2 Å². The van der Waals surface area contributed by atoms with Crippen LogP contribution in [0.5, 0.6) is 0 Å². The number of hydrogen-bond donors (Lipinski definition) is 1. The van der Waals surface area contributed by atoms with Gasteiger partial charge >= 0.3 is 0 Å². The Balaban J connectivity index is 1.70. The van der Waals surface area contributed by atoms with Crippen molar-refractivity contribution in [1.82, 2.24) is 9.55 Å². The van der Waals surface area contributed by atoms with Gasteiger partial charge in [-0.15, -0.1) is 11.3 Å². The number of hydrazone groups is 1. The molecular weight excluding hydrogens is 320 g/mol. The summed E-state index contributed by atoms with van der Waals surface area (Å²) in [7, 11) is 1.74. The highest BCUT2D eigenvalue weighted by atomic mass is 32.1. The zero-order chi connectivity index (χ0) is 16.5. The third-order valence-corrected chi connectivity index (χ3v) is 5.56. The highest BCUT2D eigenvalue weighted by Crippen LogP contribution is 2.34. The van der Waals surface area contributed by atoms with Crippen LogP contribution in [-0.2, 0) is 19.9 Å². The van der Waals surface area contributed by atoms with Crippen LogP contribution in [0.4, 0.5) is 5.95 Å². The van der Waals surface area contributed by atoms with E-state index in [1.54, 1.807) is 29.2 Å². The largest absolute Gasteiger partial charge is 0.280 e. The number of benzene rings is 1. The van der Waals surface area contributed by atoms with Crippen LogP contribution >= 0.6 is 11.3 Å². The van der Waals surface area contributed by atoms with Crippen molar-refractivity contribution in [3.8, 4) is 0 Å². The quantitative estimate of drug-likeness (QED) is 0.589. The van der Waals surface area contributed by atoms with Crippen molar-refractivity contribution in [2.75, 3.05) is 5.43 Å². The molecule has 1 aliphatic carbocycles. The second kappa shape index (κ2) is 6.20. The molecule has 6 heteroatoms. The lowest BCUT2D eigenvalue weighted by Gasteiger charge is -2.10. The highest BCUT2D eigenvalue weighted by molar-refractivity contribution is 7.18. The zero-order valence-electron chi connectivity index (χ0n) is 13.5. The van der Waals surface area contributed by atoms with Crippen LogP contribution in [0.3, 0.4) is 0 Å². The number of hydrogen-bond acceptors (Lipinski definition) is 5. The molecule has 1 N–H and O–H groups in total. The molecule has 0 saturated carbocycles. The van der Waals surface area contributed by atoms with Crippen molar-refractivity contribution in [3.63, 3.8) is 0 Å². The molecule has 0 radical (unpaired) electrons. The fourth-order valence-corrected chi connectivity index (χ4v) is 4.34. The lowest BCUT2D eigenvalue weighted by atomic mass is 9.97. The Morgan fingerprint density at radius 2 is 2.04 bits per heavy atom. The summed E-state index contributed by atoms with van der Waals surface area (Å²) in [5.74, 6) is 0.471. The molecule has 0 bridgehead atoms. The molecule has 1 aliphatic rings. The minimum atomic E-state index is 0.0109. The zero-order valence-corrected chi connectivity index (χ0v) is 14.3. The van der Waals surface area contributed by atoms with Gasteiger partial charge in [0.25, 0.3) is 5.56 Å². The predicted octanol–water partition coefficient (Wildman–Crippen LogP) is 3.32. The molecule has 0 aliphatic heterocycles. The molecule has 2 heterocycles. The SMILES string of the molecule is Cn1c(N/N=C\c2ccccc2)nc2sc3c(c2c1=O)CCCC3. The van der Waals surface area contributed by atoms with E-state index in [1.165, 1.54) is 16.9 Å². The van der Waals surface area contributed by atoms with Crippen molar-refractivity contribution in [1.29, 1.82) is 0 Å². The summed E-state index contributed by atoms with van der Waals surface area (Å²) < 4.78 is 1.55. The third kappa shape index (κ3) is 2.63. The summed E-state index contributed by atoms with van der Waals surface area (Å²) in [5.41, 5.74) is 5.12. The summed E-state index contributed by atoms with van der Waals surface area (Å²) in [6, 6.07) is 9.81. The molecule has 0 fully saturated rings. The second-order valence-corrected chi connectivity index (χ2v) is 7.05. The van der Waals surface area contributed by atoms with E-state index in [0.717, 1.165) is 35.0 Å². The van der Waals surface area contributed by atoms with E-state index < -0.39 is 0 Å². The molecule has 0 spiro atoms. The van der Waals surface area contributed by atoms with Crippen molar-refractivity contribution >= 4 is 33.7 Å². The van der Waals surface area contributed by atoms with Crippen LogP contribution in [0.2, 0.25) is 0 Å². The third-order valence-electron chi connectivity index (χ3n) is 4.37. The first-order chi connectivity index (χ1) is 11.7. The summed E-state index contributed by atoms with van der Waals surface area (Å²) in [5, 5.41) is 5.01. The Hall–Kier alpha value is -2.47. The fraction of sp³-hybridized carbons (Fsp3) is 0.278. The Morgan fingerprint density at radius 1 is 1.25 bits per heavy atom. The molecule has 4 rings (SSSR count). The first kappa shape index (κ1) is 15.1. The van der Waals surface area contributed by atoms with Gasteiger partial charge < -0.3 is 0 Å². The van der Waals surface area contributed by atoms with Gasteiger partial charge in [-0.3, -0.25) is 9.36 Å². The Morgan fingerprint density at radius 3 is 2.88 bits per heavy atom. The molecule has 3 aromatic rings. The van der Waals surface area contributed by atoms with Crippen LogP contribution in [-0.4, -0.2) is 15.8 Å². The number of thiophene rings is 1. The Bertz CT molecular complexity index is 972. The number of rotatable bonds is 3. The van der Waals surface area contributed by atoms with Crippen molar-refractivity contribution in [3.05, 3.63) is 56.7 Å². The van der Waals surface area contributed by atoms with Crippen LogP contribution in [0.25, 0.3) is 10.2 Å². The average Bonchev–Trinajstić information content (AvgIpc) is 2.98. The lowest BCUT2D eigenvalue weighted by Crippen LogP contribution is -2.21. The van der Waals surface area contributed by atoms with Gasteiger partial charge in [0.1, 0.15) is 4.83 Å². The van der Waals surface area contributed by atoms with Crippen molar-refractivity contribution < 1.29 is 0 Å². The molecule has 0 atom stereocenters. The van der Waals surface area contributed by atoms with E-state index in [9.17, 15) is 4.79 Å². The Kier molecular flexibility index (Phi) is 3.90. The van der Waals surface area contributed by atoms with Gasteiger partial charge in [0.05, 0.1) is 11.6 Å². The number of anilines is 1. The molecule has 5 nitrogen and oxygen atoms in total. The maximum atomic E-state index is 12.8. The summed E-state index contributed by atoms with van der Waals surface area (Å²) >= 11 is 1.65. The van der Waals surface area contributed by atoms with Gasteiger partial charge in [0.15, 0.2) is 0 Å². The van der Waals surface area contributed by atoms with E-state index in [-0.39, 0.29) is 5.56 Å². The van der Waals surface area contributed by atoms with Crippen molar-refractivity contribution in [2.24, 2.45) is 12.1 Å². The smallest absolute Gasteiger partial charge is 0.263 e.